The van der Waals surface area contributed by atoms with Gasteiger partial charge >= 0.3 is 12.0 Å². The minimum absolute atomic E-state index is 0.310. The van der Waals surface area contributed by atoms with E-state index in [9.17, 15) is 9.59 Å². The molecule has 0 spiro atoms. The summed E-state index contributed by atoms with van der Waals surface area (Å²) in [7, 11) is 0. The molecule has 2 amide bonds. The fourth-order valence-corrected chi connectivity index (χ4v) is 1.06. The third-order valence-corrected chi connectivity index (χ3v) is 1.87. The van der Waals surface area contributed by atoms with Crippen molar-refractivity contribution in [1.29, 1.82) is 0 Å². The zero-order valence-corrected chi connectivity index (χ0v) is 7.75. The molecule has 0 aromatic carbocycles. The van der Waals surface area contributed by atoms with E-state index in [1.807, 2.05) is 6.92 Å². The zero-order chi connectivity index (χ0) is 10.3. The predicted molar refractivity (Wildman–Crippen MR) is 48.2 cm³/mol. The molecule has 0 unspecified atom stereocenters. The van der Waals surface area contributed by atoms with Gasteiger partial charge in [0.05, 0.1) is 5.92 Å². The van der Waals surface area contributed by atoms with Crippen molar-refractivity contribution in [2.24, 2.45) is 11.7 Å². The number of hydrogen-bond donors (Lipinski definition) is 3. The van der Waals surface area contributed by atoms with Crippen LogP contribution in [0.25, 0.3) is 0 Å². The number of carboxylic acid groups (broad SMARTS) is 1. The second-order valence-corrected chi connectivity index (χ2v) is 2.88. The number of rotatable bonds is 6. The topological polar surface area (TPSA) is 92.4 Å². The van der Waals surface area contributed by atoms with Crippen LogP contribution in [0.2, 0.25) is 0 Å². The summed E-state index contributed by atoms with van der Waals surface area (Å²) >= 11 is 0. The van der Waals surface area contributed by atoms with Gasteiger partial charge in [0.15, 0.2) is 0 Å². The summed E-state index contributed by atoms with van der Waals surface area (Å²) in [5.74, 6) is -1.09. The van der Waals surface area contributed by atoms with Crippen LogP contribution >= 0.6 is 0 Å². The highest BCUT2D eigenvalue weighted by Gasteiger charge is 2.13. The van der Waals surface area contributed by atoms with Crippen LogP contribution in [0.15, 0.2) is 0 Å². The van der Waals surface area contributed by atoms with Crippen LogP contribution in [0.3, 0.4) is 0 Å². The molecule has 4 N–H and O–H groups in total. The lowest BCUT2D eigenvalue weighted by Gasteiger charge is -2.08. The molecule has 0 aromatic rings. The normalized spacial score (nSPS) is 12.1. The van der Waals surface area contributed by atoms with E-state index in [2.05, 4.69) is 5.32 Å². The number of nitrogens with one attached hydrogen (secondary N) is 1. The Labute approximate surface area is 77.3 Å². The van der Waals surface area contributed by atoms with E-state index in [1.54, 1.807) is 0 Å². The summed E-state index contributed by atoms with van der Waals surface area (Å²) in [5, 5.41) is 11.1. The van der Waals surface area contributed by atoms with Crippen LogP contribution in [0.1, 0.15) is 26.2 Å². The van der Waals surface area contributed by atoms with E-state index in [0.717, 1.165) is 0 Å². The van der Waals surface area contributed by atoms with Crippen LogP contribution in [0.4, 0.5) is 4.79 Å². The lowest BCUT2D eigenvalue weighted by atomic mass is 10.0. The molecule has 5 heteroatoms. The maximum absolute atomic E-state index is 10.5. The van der Waals surface area contributed by atoms with Crippen LogP contribution in [0, 0.1) is 5.92 Å². The van der Waals surface area contributed by atoms with E-state index >= 15 is 0 Å². The molecule has 0 saturated heterocycles. The van der Waals surface area contributed by atoms with E-state index < -0.39 is 12.0 Å². The highest BCUT2D eigenvalue weighted by atomic mass is 16.4. The van der Waals surface area contributed by atoms with Crippen molar-refractivity contribution >= 4 is 12.0 Å². The number of urea groups is 1. The highest BCUT2D eigenvalue weighted by molar-refractivity contribution is 5.71. The number of amides is 2. The second-order valence-electron chi connectivity index (χ2n) is 2.88. The molecule has 0 aromatic heterocycles. The van der Waals surface area contributed by atoms with Crippen molar-refractivity contribution in [3.05, 3.63) is 0 Å². The van der Waals surface area contributed by atoms with Crippen molar-refractivity contribution in [2.75, 3.05) is 6.54 Å². The van der Waals surface area contributed by atoms with Gasteiger partial charge < -0.3 is 16.2 Å². The maximum atomic E-state index is 10.5. The smallest absolute Gasteiger partial charge is 0.312 e. The Kier molecular flexibility index (Phi) is 5.67. The summed E-state index contributed by atoms with van der Waals surface area (Å²) in [4.78, 5) is 20.8. The minimum atomic E-state index is -0.776. The molecule has 0 aliphatic heterocycles. The first-order chi connectivity index (χ1) is 6.07. The Morgan fingerprint density at radius 2 is 2.15 bits per heavy atom. The van der Waals surface area contributed by atoms with Crippen molar-refractivity contribution in [2.45, 2.75) is 26.2 Å². The average molecular weight is 188 g/mol. The first-order valence-electron chi connectivity index (χ1n) is 4.34. The molecule has 76 valence electrons. The number of nitrogens with two attached hydrogens (primary N) is 1. The molecule has 0 rings (SSSR count). The monoisotopic (exact) mass is 188 g/mol. The Hall–Kier alpha value is -1.26. The summed E-state index contributed by atoms with van der Waals surface area (Å²) in [6.07, 6.45) is 1.84. The lowest BCUT2D eigenvalue weighted by Crippen LogP contribution is -2.30. The lowest BCUT2D eigenvalue weighted by molar-refractivity contribution is -0.142. The Morgan fingerprint density at radius 1 is 1.54 bits per heavy atom. The molecule has 0 heterocycles. The van der Waals surface area contributed by atoms with Crippen LogP contribution in [-0.2, 0) is 4.79 Å². The van der Waals surface area contributed by atoms with Crippen LogP contribution in [0.5, 0.6) is 0 Å². The van der Waals surface area contributed by atoms with Crippen molar-refractivity contribution in [3.63, 3.8) is 0 Å². The van der Waals surface area contributed by atoms with Crippen molar-refractivity contribution in [3.8, 4) is 0 Å². The van der Waals surface area contributed by atoms with E-state index in [-0.39, 0.29) is 5.92 Å². The van der Waals surface area contributed by atoms with Gasteiger partial charge in [-0.15, -0.1) is 0 Å². The number of carbonyl (C=O) groups excluding carboxylic acids is 1. The Bertz CT molecular complexity index is 182. The summed E-state index contributed by atoms with van der Waals surface area (Å²) in [6.45, 7) is 2.28. The molecule has 1 atom stereocenters. The fourth-order valence-electron chi connectivity index (χ4n) is 1.06. The maximum Gasteiger partial charge on any atom is 0.312 e. The molecule has 0 aliphatic rings. The second kappa shape index (κ2) is 6.28. The van der Waals surface area contributed by atoms with E-state index in [0.29, 0.717) is 25.8 Å². The van der Waals surface area contributed by atoms with Crippen LogP contribution in [-0.4, -0.2) is 23.7 Å². The SMILES string of the molecule is CC[C@H](CCCNC(N)=O)C(=O)O. The van der Waals surface area contributed by atoms with Gasteiger partial charge in [-0.05, 0) is 19.3 Å². The van der Waals surface area contributed by atoms with Gasteiger partial charge in [0, 0.05) is 6.54 Å². The molecule has 0 aliphatic carbocycles. The van der Waals surface area contributed by atoms with Gasteiger partial charge in [-0.25, -0.2) is 4.79 Å². The zero-order valence-electron chi connectivity index (χ0n) is 7.75. The molecule has 0 saturated carbocycles. The number of primary amides is 1. The largest absolute Gasteiger partial charge is 0.481 e. The molecular weight excluding hydrogens is 172 g/mol. The third kappa shape index (κ3) is 5.95. The van der Waals surface area contributed by atoms with Crippen LogP contribution < -0.4 is 11.1 Å². The van der Waals surface area contributed by atoms with Gasteiger partial charge in [-0.2, -0.15) is 0 Å². The van der Waals surface area contributed by atoms with Gasteiger partial charge in [-0.1, -0.05) is 6.92 Å². The van der Waals surface area contributed by atoms with E-state index in [1.165, 1.54) is 0 Å². The molecule has 0 radical (unpaired) electrons. The summed E-state index contributed by atoms with van der Waals surface area (Å²) in [5.41, 5.74) is 4.84. The van der Waals surface area contributed by atoms with Gasteiger partial charge in [0.25, 0.3) is 0 Å². The molecular formula is C8H16N2O3. The van der Waals surface area contributed by atoms with Gasteiger partial charge in [-0.3, -0.25) is 4.79 Å². The Morgan fingerprint density at radius 3 is 2.54 bits per heavy atom. The summed E-state index contributed by atoms with van der Waals surface area (Å²) < 4.78 is 0. The quantitative estimate of drug-likeness (QED) is 0.531. The molecule has 0 bridgehead atoms. The average Bonchev–Trinajstić information content (AvgIpc) is 2.03. The number of carbonyl (C=O) groups is 2. The Balaban J connectivity index is 3.50. The van der Waals surface area contributed by atoms with Gasteiger partial charge in [0.2, 0.25) is 0 Å². The van der Waals surface area contributed by atoms with Crippen molar-refractivity contribution < 1.29 is 14.7 Å². The van der Waals surface area contributed by atoms with Crippen molar-refractivity contribution in [1.82, 2.24) is 5.32 Å². The number of carboxylic acids is 1. The molecule has 5 nitrogen and oxygen atoms in total. The first kappa shape index (κ1) is 11.7. The molecule has 0 fully saturated rings. The van der Waals surface area contributed by atoms with E-state index in [4.69, 9.17) is 10.8 Å². The minimum Gasteiger partial charge on any atom is -0.481 e. The molecule has 13 heavy (non-hydrogen) atoms. The predicted octanol–water partition coefficient (Wildman–Crippen LogP) is 0.546. The highest BCUT2D eigenvalue weighted by Crippen LogP contribution is 2.09. The summed E-state index contributed by atoms with van der Waals surface area (Å²) in [6, 6.07) is -0.566. The third-order valence-electron chi connectivity index (χ3n) is 1.87. The number of aliphatic carboxylic acids is 1. The fraction of sp³-hybridized carbons (Fsp3) is 0.750. The number of hydrogen-bond acceptors (Lipinski definition) is 2. The van der Waals surface area contributed by atoms with Gasteiger partial charge in [0.1, 0.15) is 0 Å². The first-order valence-corrected chi connectivity index (χ1v) is 4.34. The standard InChI is InChI=1S/C8H16N2O3/c1-2-6(7(11)12)4-3-5-10-8(9)13/h6H,2-5H2,1H3,(H,11,12)(H3,9,10,13)/t6-/m1/s1.